The molecule has 2 rings (SSSR count). The number of imide groups is 1. The average molecular weight is 580 g/mol. The van der Waals surface area contributed by atoms with Crippen LogP contribution < -0.4 is 4.90 Å². The lowest BCUT2D eigenvalue weighted by Gasteiger charge is -2.38. The summed E-state index contributed by atoms with van der Waals surface area (Å²) in [6.07, 6.45) is 9.53. The van der Waals surface area contributed by atoms with E-state index < -0.39 is 19.1 Å². The molecule has 0 bridgehead atoms. The standard InChI is InChI=1S/C31H42Cl2NO3P/c1-6-9-19-38(20-10-7-2,21-11-8-3)30(25-15-13-12-14-16-25)29(23(4)35)31(37)34(24(5)36)26-17-18-27(32)28(33)22-26/h12-18,22,30H,6-11,19-21H2,1-5H3/p+1/t30-/m0/s1. The van der Waals surface area contributed by atoms with E-state index in [4.69, 9.17) is 23.2 Å². The highest BCUT2D eigenvalue weighted by Gasteiger charge is 2.50. The van der Waals surface area contributed by atoms with Crippen molar-refractivity contribution in [3.63, 3.8) is 0 Å². The molecule has 2 aromatic carbocycles. The van der Waals surface area contributed by atoms with Gasteiger partial charge in [0.1, 0.15) is 11.4 Å². The van der Waals surface area contributed by atoms with Crippen molar-refractivity contribution in [1.82, 2.24) is 0 Å². The number of aliphatic hydroxyl groups excluding tert-OH is 1. The molecule has 0 spiro atoms. The number of anilines is 1. The van der Waals surface area contributed by atoms with Crippen LogP contribution in [-0.2, 0) is 9.59 Å². The number of allylic oxidation sites excluding steroid dienone is 1. The Balaban J connectivity index is 2.83. The molecule has 1 N–H and O–H groups in total. The van der Waals surface area contributed by atoms with Crippen LogP contribution >= 0.6 is 30.5 Å². The first-order valence-electron chi connectivity index (χ1n) is 13.7. The fraction of sp³-hybridized carbons (Fsp3) is 0.484. The van der Waals surface area contributed by atoms with Crippen LogP contribution in [0.25, 0.3) is 0 Å². The quantitative estimate of drug-likeness (QED) is 0.138. The fourth-order valence-electron chi connectivity index (χ4n) is 5.19. The van der Waals surface area contributed by atoms with E-state index in [1.165, 1.54) is 13.0 Å². The van der Waals surface area contributed by atoms with Gasteiger partial charge in [0.2, 0.25) is 5.91 Å². The SMILES string of the molecule is CCCC[P+](CCCC)(CCCC)[C@H](C(C(=O)N(C(C)=O)c1ccc(Cl)c(Cl)c1)=C(C)O)c1ccccc1. The molecule has 0 unspecified atom stereocenters. The maximum atomic E-state index is 14.4. The van der Waals surface area contributed by atoms with Crippen molar-refractivity contribution in [2.75, 3.05) is 23.4 Å². The third-order valence-corrected chi connectivity index (χ3v) is 13.1. The highest BCUT2D eigenvalue weighted by atomic mass is 35.5. The van der Waals surface area contributed by atoms with E-state index in [0.717, 1.165) is 67.5 Å². The van der Waals surface area contributed by atoms with Gasteiger partial charge in [-0.25, -0.2) is 4.90 Å². The van der Waals surface area contributed by atoms with E-state index >= 15 is 0 Å². The van der Waals surface area contributed by atoms with Crippen molar-refractivity contribution < 1.29 is 14.7 Å². The summed E-state index contributed by atoms with van der Waals surface area (Å²) < 4.78 is 0. The number of aliphatic hydroxyl groups is 1. The smallest absolute Gasteiger partial charge is 0.268 e. The Bertz CT molecular complexity index is 1080. The number of amides is 2. The summed E-state index contributed by atoms with van der Waals surface area (Å²) in [6.45, 7) is 9.53. The summed E-state index contributed by atoms with van der Waals surface area (Å²) in [5.74, 6) is -0.985. The first-order valence-corrected chi connectivity index (χ1v) is 16.9. The van der Waals surface area contributed by atoms with Gasteiger partial charge in [-0.1, -0.05) is 93.6 Å². The summed E-state index contributed by atoms with van der Waals surface area (Å²) in [4.78, 5) is 28.5. The molecule has 0 radical (unpaired) electrons. The highest BCUT2D eigenvalue weighted by molar-refractivity contribution is 7.76. The topological polar surface area (TPSA) is 57.6 Å². The van der Waals surface area contributed by atoms with Gasteiger partial charge in [0, 0.05) is 14.2 Å². The monoisotopic (exact) mass is 578 g/mol. The van der Waals surface area contributed by atoms with Crippen LogP contribution in [0, 0.1) is 0 Å². The minimum Gasteiger partial charge on any atom is -0.512 e. The number of carbonyl (C=O) groups excluding carboxylic acids is 2. The molecule has 0 aliphatic carbocycles. The number of hydrogen-bond donors (Lipinski definition) is 1. The molecule has 0 saturated carbocycles. The second-order valence-corrected chi connectivity index (χ2v) is 15.1. The zero-order valence-corrected chi connectivity index (χ0v) is 25.9. The van der Waals surface area contributed by atoms with Gasteiger partial charge in [0.15, 0.2) is 0 Å². The molecule has 0 fully saturated rings. The van der Waals surface area contributed by atoms with Crippen LogP contribution in [-0.4, -0.2) is 35.4 Å². The van der Waals surface area contributed by atoms with E-state index in [-0.39, 0.29) is 16.4 Å². The summed E-state index contributed by atoms with van der Waals surface area (Å²) in [6, 6.07) is 14.8. The molecule has 2 amide bonds. The Morgan fingerprint density at radius 2 is 1.37 bits per heavy atom. The molecule has 0 heterocycles. The summed E-state index contributed by atoms with van der Waals surface area (Å²) >= 11 is 12.4. The van der Waals surface area contributed by atoms with Crippen molar-refractivity contribution in [3.8, 4) is 0 Å². The first kappa shape index (κ1) is 32.3. The van der Waals surface area contributed by atoms with E-state index in [2.05, 4.69) is 32.9 Å². The molecule has 0 aliphatic rings. The third kappa shape index (κ3) is 8.07. The maximum absolute atomic E-state index is 14.4. The molecule has 208 valence electrons. The van der Waals surface area contributed by atoms with Crippen LogP contribution in [0.3, 0.4) is 0 Å². The number of benzene rings is 2. The first-order chi connectivity index (χ1) is 18.1. The van der Waals surface area contributed by atoms with Gasteiger partial charge in [0.25, 0.3) is 5.91 Å². The van der Waals surface area contributed by atoms with Gasteiger partial charge >= 0.3 is 0 Å². The zero-order chi connectivity index (χ0) is 28.3. The number of hydrogen-bond acceptors (Lipinski definition) is 3. The average Bonchev–Trinajstić information content (AvgIpc) is 2.89. The van der Waals surface area contributed by atoms with Crippen molar-refractivity contribution >= 4 is 48.0 Å². The van der Waals surface area contributed by atoms with Gasteiger partial charge in [-0.3, -0.25) is 9.59 Å². The Labute approximate surface area is 239 Å². The van der Waals surface area contributed by atoms with Crippen molar-refractivity contribution in [3.05, 3.63) is 75.5 Å². The van der Waals surface area contributed by atoms with E-state index in [9.17, 15) is 14.7 Å². The van der Waals surface area contributed by atoms with Gasteiger partial charge < -0.3 is 5.11 Å². The highest BCUT2D eigenvalue weighted by Crippen LogP contribution is 2.73. The van der Waals surface area contributed by atoms with Gasteiger partial charge in [-0.05, 0) is 49.9 Å². The van der Waals surface area contributed by atoms with Crippen molar-refractivity contribution in [2.24, 2.45) is 0 Å². The molecule has 2 aromatic rings. The minimum absolute atomic E-state index is 0.0379. The number of unbranched alkanes of at least 4 members (excludes halogenated alkanes) is 3. The van der Waals surface area contributed by atoms with Crippen LogP contribution in [0.4, 0.5) is 5.69 Å². The molecule has 0 saturated heterocycles. The van der Waals surface area contributed by atoms with Crippen LogP contribution in [0.1, 0.15) is 84.4 Å². The Kier molecular flexibility index (Phi) is 13.3. The van der Waals surface area contributed by atoms with E-state index in [0.29, 0.717) is 16.3 Å². The summed E-state index contributed by atoms with van der Waals surface area (Å²) in [5.41, 5.74) is 1.41. The molecule has 1 atom stereocenters. The van der Waals surface area contributed by atoms with Crippen molar-refractivity contribution in [2.45, 2.75) is 78.8 Å². The largest absolute Gasteiger partial charge is 0.512 e. The summed E-state index contributed by atoms with van der Waals surface area (Å²) in [7, 11) is -1.84. The number of rotatable bonds is 14. The predicted octanol–water partition coefficient (Wildman–Crippen LogP) is 9.86. The molecule has 38 heavy (non-hydrogen) atoms. The molecular weight excluding hydrogens is 536 g/mol. The second kappa shape index (κ2) is 15.7. The number of nitrogens with zero attached hydrogens (tertiary/aromatic N) is 1. The predicted molar refractivity (Wildman–Crippen MR) is 165 cm³/mol. The Morgan fingerprint density at radius 1 is 0.842 bits per heavy atom. The van der Waals surface area contributed by atoms with Gasteiger partial charge in [0.05, 0.1) is 39.8 Å². The lowest BCUT2D eigenvalue weighted by atomic mass is 10.0. The van der Waals surface area contributed by atoms with E-state index in [1.54, 1.807) is 19.1 Å². The molecular formula is C31H43Cl2NO3P+. The second-order valence-electron chi connectivity index (χ2n) is 10.0. The van der Waals surface area contributed by atoms with Gasteiger partial charge in [-0.2, -0.15) is 0 Å². The number of carbonyl (C=O) groups is 2. The third-order valence-electron chi connectivity index (χ3n) is 7.11. The maximum Gasteiger partial charge on any atom is 0.268 e. The Hall–Kier alpha value is -1.87. The van der Waals surface area contributed by atoms with E-state index in [1.807, 2.05) is 18.2 Å². The molecule has 4 nitrogen and oxygen atoms in total. The zero-order valence-electron chi connectivity index (χ0n) is 23.5. The van der Waals surface area contributed by atoms with Crippen molar-refractivity contribution in [1.29, 1.82) is 0 Å². The van der Waals surface area contributed by atoms with Gasteiger partial charge in [-0.15, -0.1) is 0 Å². The summed E-state index contributed by atoms with van der Waals surface area (Å²) in [5, 5.41) is 11.8. The van der Waals surface area contributed by atoms with Crippen LogP contribution in [0.15, 0.2) is 59.9 Å². The molecule has 0 aliphatic heterocycles. The lowest BCUT2D eigenvalue weighted by Crippen LogP contribution is -2.39. The lowest BCUT2D eigenvalue weighted by molar-refractivity contribution is -0.123. The minimum atomic E-state index is -1.84. The van der Waals surface area contributed by atoms with Crippen LogP contribution in [0.5, 0.6) is 0 Å². The normalized spacial score (nSPS) is 13.1. The number of halogens is 2. The molecule has 7 heteroatoms. The molecule has 0 aromatic heterocycles. The van der Waals surface area contributed by atoms with Crippen LogP contribution in [0.2, 0.25) is 10.0 Å². The fourth-order valence-corrected chi connectivity index (χ4v) is 11.4. The Morgan fingerprint density at radius 3 is 1.79 bits per heavy atom.